The van der Waals surface area contributed by atoms with E-state index in [1.807, 2.05) is 6.92 Å². The van der Waals surface area contributed by atoms with Crippen LogP contribution in [0.15, 0.2) is 16.9 Å². The van der Waals surface area contributed by atoms with Crippen molar-refractivity contribution in [3.63, 3.8) is 0 Å². The molecule has 1 saturated carbocycles. The van der Waals surface area contributed by atoms with Crippen LogP contribution in [0.3, 0.4) is 0 Å². The van der Waals surface area contributed by atoms with Crippen molar-refractivity contribution in [2.75, 3.05) is 6.61 Å². The van der Waals surface area contributed by atoms with Crippen LogP contribution in [-0.4, -0.2) is 29.1 Å². The maximum Gasteiger partial charge on any atom is 0.251 e. The molecular formula is C16H22N2O3. The van der Waals surface area contributed by atoms with Gasteiger partial charge in [0.15, 0.2) is 0 Å². The first-order valence-electron chi connectivity index (χ1n) is 7.78. The normalized spacial score (nSPS) is 23.6. The number of amides is 1. The molecule has 2 aliphatic rings. The predicted molar refractivity (Wildman–Crippen MR) is 79.5 cm³/mol. The van der Waals surface area contributed by atoms with Gasteiger partial charge in [0.2, 0.25) is 5.56 Å². The van der Waals surface area contributed by atoms with Crippen molar-refractivity contribution in [2.24, 2.45) is 0 Å². The Hall–Kier alpha value is -1.62. The molecule has 1 atom stereocenters. The van der Waals surface area contributed by atoms with Crippen LogP contribution >= 0.6 is 0 Å². The maximum atomic E-state index is 12.3. The first kappa shape index (κ1) is 14.3. The van der Waals surface area contributed by atoms with Gasteiger partial charge < -0.3 is 15.0 Å². The molecule has 1 aliphatic carbocycles. The molecule has 1 aromatic heterocycles. The van der Waals surface area contributed by atoms with Crippen LogP contribution < -0.4 is 10.9 Å². The largest absolute Gasteiger partial charge is 0.375 e. The molecule has 2 fully saturated rings. The minimum Gasteiger partial charge on any atom is -0.375 e. The van der Waals surface area contributed by atoms with Crippen LogP contribution in [0.5, 0.6) is 0 Å². The smallest absolute Gasteiger partial charge is 0.251 e. The van der Waals surface area contributed by atoms with Crippen molar-refractivity contribution in [2.45, 2.75) is 57.1 Å². The first-order valence-corrected chi connectivity index (χ1v) is 7.78. The minimum absolute atomic E-state index is 0.0128. The number of aromatic amines is 1. The third-order valence-corrected chi connectivity index (χ3v) is 4.64. The standard InChI is InChI=1S/C16H22N2O3/c1-2-12-8-11(9-14(19)17-12)15(20)18-13-4-7-21-16(10-13)5-3-6-16/h8-9,13H,2-7,10H2,1H3,(H,17,19)(H,18,20). The molecule has 3 rings (SSSR count). The molecule has 0 radical (unpaired) electrons. The summed E-state index contributed by atoms with van der Waals surface area (Å²) in [7, 11) is 0. The van der Waals surface area contributed by atoms with Crippen molar-refractivity contribution in [1.82, 2.24) is 10.3 Å². The molecule has 2 heterocycles. The molecule has 1 aliphatic heterocycles. The average Bonchev–Trinajstić information content (AvgIpc) is 2.45. The van der Waals surface area contributed by atoms with Crippen LogP contribution in [0.2, 0.25) is 0 Å². The fourth-order valence-electron chi connectivity index (χ4n) is 3.26. The zero-order valence-electron chi connectivity index (χ0n) is 12.4. The van der Waals surface area contributed by atoms with Gasteiger partial charge in [-0.15, -0.1) is 0 Å². The van der Waals surface area contributed by atoms with Crippen LogP contribution in [0, 0.1) is 0 Å². The van der Waals surface area contributed by atoms with Gasteiger partial charge in [-0.05, 0) is 44.6 Å². The lowest BCUT2D eigenvalue weighted by Crippen LogP contribution is -2.52. The number of nitrogens with one attached hydrogen (secondary N) is 2. The second kappa shape index (κ2) is 5.64. The van der Waals surface area contributed by atoms with E-state index in [2.05, 4.69) is 10.3 Å². The van der Waals surface area contributed by atoms with E-state index in [-0.39, 0.29) is 23.1 Å². The van der Waals surface area contributed by atoms with Gasteiger partial charge in [0.05, 0.1) is 5.60 Å². The number of ether oxygens (including phenoxy) is 1. The highest BCUT2D eigenvalue weighted by Crippen LogP contribution is 2.42. The Balaban J connectivity index is 1.68. The van der Waals surface area contributed by atoms with Gasteiger partial charge in [-0.25, -0.2) is 0 Å². The monoisotopic (exact) mass is 290 g/mol. The van der Waals surface area contributed by atoms with Crippen molar-refractivity contribution in [3.05, 3.63) is 33.7 Å². The third-order valence-electron chi connectivity index (χ3n) is 4.64. The van der Waals surface area contributed by atoms with Crippen molar-refractivity contribution >= 4 is 5.91 Å². The van der Waals surface area contributed by atoms with Gasteiger partial charge in [-0.3, -0.25) is 9.59 Å². The number of carbonyl (C=O) groups excluding carboxylic acids is 1. The van der Waals surface area contributed by atoms with E-state index < -0.39 is 0 Å². The van der Waals surface area contributed by atoms with Gasteiger partial charge in [0, 0.05) is 30.0 Å². The molecule has 21 heavy (non-hydrogen) atoms. The first-order chi connectivity index (χ1) is 10.1. The number of hydrogen-bond donors (Lipinski definition) is 2. The summed E-state index contributed by atoms with van der Waals surface area (Å²) in [5.41, 5.74) is 1.03. The zero-order chi connectivity index (χ0) is 14.9. The summed E-state index contributed by atoms with van der Waals surface area (Å²) < 4.78 is 5.87. The highest BCUT2D eigenvalue weighted by molar-refractivity contribution is 5.94. The summed E-state index contributed by atoms with van der Waals surface area (Å²) in [5, 5.41) is 3.07. The van der Waals surface area contributed by atoms with Gasteiger partial charge >= 0.3 is 0 Å². The van der Waals surface area contributed by atoms with Crippen LogP contribution in [0.25, 0.3) is 0 Å². The topological polar surface area (TPSA) is 71.2 Å². The van der Waals surface area contributed by atoms with E-state index in [0.717, 1.165) is 31.4 Å². The summed E-state index contributed by atoms with van der Waals surface area (Å²) in [4.78, 5) is 26.6. The van der Waals surface area contributed by atoms with Gasteiger partial charge in [0.25, 0.3) is 5.91 Å². The molecule has 5 nitrogen and oxygen atoms in total. The number of rotatable bonds is 3. The molecule has 0 aromatic carbocycles. The Bertz CT molecular complexity index is 589. The fraction of sp³-hybridized carbons (Fsp3) is 0.625. The van der Waals surface area contributed by atoms with E-state index in [4.69, 9.17) is 4.74 Å². The van der Waals surface area contributed by atoms with Crippen molar-refractivity contribution in [3.8, 4) is 0 Å². The SMILES string of the molecule is CCc1cc(C(=O)NC2CCOC3(CCC3)C2)cc(=O)[nH]1. The number of H-pyrrole nitrogens is 1. The van der Waals surface area contributed by atoms with Crippen LogP contribution in [0.1, 0.15) is 55.1 Å². The Morgan fingerprint density at radius 3 is 2.95 bits per heavy atom. The Morgan fingerprint density at radius 1 is 1.48 bits per heavy atom. The second-order valence-corrected chi connectivity index (χ2v) is 6.16. The highest BCUT2D eigenvalue weighted by Gasteiger charge is 2.42. The van der Waals surface area contributed by atoms with E-state index in [9.17, 15) is 9.59 Å². The lowest BCUT2D eigenvalue weighted by atomic mass is 9.74. The number of pyridine rings is 1. The predicted octanol–water partition coefficient (Wildman–Crippen LogP) is 1.77. The van der Waals surface area contributed by atoms with Crippen molar-refractivity contribution < 1.29 is 9.53 Å². The molecule has 0 bridgehead atoms. The average molecular weight is 290 g/mol. The molecule has 1 amide bonds. The van der Waals surface area contributed by atoms with Gasteiger partial charge in [0.1, 0.15) is 0 Å². The Morgan fingerprint density at radius 2 is 2.29 bits per heavy atom. The summed E-state index contributed by atoms with van der Waals surface area (Å²) in [6, 6.07) is 3.28. The van der Waals surface area contributed by atoms with E-state index in [1.54, 1.807) is 6.07 Å². The quantitative estimate of drug-likeness (QED) is 0.891. The molecular weight excluding hydrogens is 268 g/mol. The van der Waals surface area contributed by atoms with E-state index in [1.165, 1.54) is 12.5 Å². The molecule has 1 saturated heterocycles. The molecule has 1 spiro atoms. The maximum absolute atomic E-state index is 12.3. The lowest BCUT2D eigenvalue weighted by molar-refractivity contribution is -0.134. The summed E-state index contributed by atoms with van der Waals surface area (Å²) in [5.74, 6) is -0.155. The summed E-state index contributed by atoms with van der Waals surface area (Å²) >= 11 is 0. The molecule has 1 unspecified atom stereocenters. The third kappa shape index (κ3) is 3.02. The minimum atomic E-state index is -0.220. The zero-order valence-corrected chi connectivity index (χ0v) is 12.4. The number of aromatic nitrogens is 1. The van der Waals surface area contributed by atoms with Gasteiger partial charge in [-0.1, -0.05) is 6.92 Å². The highest BCUT2D eigenvalue weighted by atomic mass is 16.5. The number of aryl methyl sites for hydroxylation is 1. The summed E-state index contributed by atoms with van der Waals surface area (Å²) in [6.45, 7) is 2.66. The molecule has 114 valence electrons. The van der Waals surface area contributed by atoms with E-state index >= 15 is 0 Å². The van der Waals surface area contributed by atoms with Crippen LogP contribution in [-0.2, 0) is 11.2 Å². The van der Waals surface area contributed by atoms with Gasteiger partial charge in [-0.2, -0.15) is 0 Å². The molecule has 5 heteroatoms. The number of hydrogen-bond acceptors (Lipinski definition) is 3. The molecule has 1 aromatic rings. The molecule has 2 N–H and O–H groups in total. The van der Waals surface area contributed by atoms with Crippen molar-refractivity contribution in [1.29, 1.82) is 0 Å². The lowest BCUT2D eigenvalue weighted by Gasteiger charge is -2.47. The number of carbonyl (C=O) groups is 1. The second-order valence-electron chi connectivity index (χ2n) is 6.16. The summed E-state index contributed by atoms with van der Waals surface area (Å²) in [6.07, 6.45) is 5.86. The van der Waals surface area contributed by atoms with Crippen LogP contribution in [0.4, 0.5) is 0 Å². The van der Waals surface area contributed by atoms with E-state index in [0.29, 0.717) is 18.6 Å². The Kier molecular flexibility index (Phi) is 3.85. The fourth-order valence-corrected chi connectivity index (χ4v) is 3.26. The Labute approximate surface area is 124 Å².